The molecule has 2 aromatic heterocycles. The van der Waals surface area contributed by atoms with Crippen molar-refractivity contribution in [2.24, 2.45) is 5.41 Å². The zero-order valence-corrected chi connectivity index (χ0v) is 16.8. The third-order valence-corrected chi connectivity index (χ3v) is 6.25. The van der Waals surface area contributed by atoms with E-state index in [4.69, 9.17) is 0 Å². The minimum absolute atomic E-state index is 0.237. The summed E-state index contributed by atoms with van der Waals surface area (Å²) in [4.78, 5) is 25.7. The lowest BCUT2D eigenvalue weighted by atomic mass is 9.72. The first-order chi connectivity index (χ1) is 13.6. The van der Waals surface area contributed by atoms with Gasteiger partial charge in [-0.25, -0.2) is 0 Å². The summed E-state index contributed by atoms with van der Waals surface area (Å²) in [7, 11) is 0. The molecule has 2 aliphatic rings. The van der Waals surface area contributed by atoms with Crippen LogP contribution in [0.15, 0.2) is 18.7 Å². The second-order valence-corrected chi connectivity index (χ2v) is 8.21. The Hall–Kier alpha value is -2.35. The van der Waals surface area contributed by atoms with Crippen molar-refractivity contribution in [1.29, 1.82) is 0 Å². The van der Waals surface area contributed by atoms with Gasteiger partial charge in [-0.15, -0.1) is 10.2 Å². The lowest BCUT2D eigenvalue weighted by Gasteiger charge is -2.47. The normalized spacial score (nSPS) is 20.1. The summed E-state index contributed by atoms with van der Waals surface area (Å²) in [5.41, 5.74) is 2.00. The quantitative estimate of drug-likeness (QED) is 0.783. The molecule has 150 valence electrons. The average Bonchev–Trinajstić information content (AvgIpc) is 3.16. The molecule has 8 heteroatoms. The highest BCUT2D eigenvalue weighted by atomic mass is 16.2. The highest BCUT2D eigenvalue weighted by Crippen LogP contribution is 2.40. The van der Waals surface area contributed by atoms with E-state index in [0.29, 0.717) is 13.0 Å². The largest absolute Gasteiger partial charge is 0.336 e. The number of carbonyl (C=O) groups is 1. The van der Waals surface area contributed by atoms with E-state index in [1.165, 1.54) is 0 Å². The molecule has 0 atom stereocenters. The van der Waals surface area contributed by atoms with Crippen molar-refractivity contribution < 1.29 is 4.79 Å². The van der Waals surface area contributed by atoms with Crippen LogP contribution < -0.4 is 0 Å². The van der Waals surface area contributed by atoms with E-state index in [1.807, 2.05) is 11.8 Å². The molecule has 4 heterocycles. The van der Waals surface area contributed by atoms with Gasteiger partial charge in [-0.1, -0.05) is 0 Å². The lowest BCUT2D eigenvalue weighted by Crippen LogP contribution is -2.51. The Bertz CT molecular complexity index is 808. The van der Waals surface area contributed by atoms with Crippen LogP contribution in [0.3, 0.4) is 0 Å². The molecular formula is C20H29N7O. The molecule has 0 N–H and O–H groups in total. The number of carbonyl (C=O) groups excluding carboxylic acids is 1. The third kappa shape index (κ3) is 4.06. The smallest absolute Gasteiger partial charge is 0.222 e. The van der Waals surface area contributed by atoms with Crippen LogP contribution in [0, 0.1) is 12.3 Å². The second-order valence-electron chi connectivity index (χ2n) is 8.21. The van der Waals surface area contributed by atoms with Crippen LogP contribution in [0.4, 0.5) is 0 Å². The molecule has 0 aromatic carbocycles. The molecule has 0 radical (unpaired) electrons. The van der Waals surface area contributed by atoms with Gasteiger partial charge < -0.3 is 9.47 Å². The van der Waals surface area contributed by atoms with Gasteiger partial charge in [-0.3, -0.25) is 19.7 Å². The van der Waals surface area contributed by atoms with Gasteiger partial charge >= 0.3 is 0 Å². The van der Waals surface area contributed by atoms with Crippen molar-refractivity contribution in [2.75, 3.05) is 19.6 Å². The molecule has 2 saturated heterocycles. The SMILES string of the molecule is CCn1cnnc1CN1CCC2(CCC(=O)N(Cc3cnc(C)cn3)C2)CC1. The number of rotatable bonds is 5. The van der Waals surface area contributed by atoms with Crippen molar-refractivity contribution in [3.63, 3.8) is 0 Å². The van der Waals surface area contributed by atoms with Gasteiger partial charge in [0.25, 0.3) is 0 Å². The van der Waals surface area contributed by atoms with Crippen LogP contribution >= 0.6 is 0 Å². The first-order valence-electron chi connectivity index (χ1n) is 10.2. The summed E-state index contributed by atoms with van der Waals surface area (Å²) in [5.74, 6) is 1.28. The molecule has 4 rings (SSSR count). The predicted molar refractivity (Wildman–Crippen MR) is 104 cm³/mol. The molecule has 2 aliphatic heterocycles. The molecule has 28 heavy (non-hydrogen) atoms. The van der Waals surface area contributed by atoms with Crippen molar-refractivity contribution in [2.45, 2.75) is 59.2 Å². The number of piperidine rings is 2. The summed E-state index contributed by atoms with van der Waals surface area (Å²) >= 11 is 0. The van der Waals surface area contributed by atoms with Crippen LogP contribution in [0.1, 0.15) is 49.8 Å². The van der Waals surface area contributed by atoms with Crippen molar-refractivity contribution >= 4 is 5.91 Å². The van der Waals surface area contributed by atoms with E-state index < -0.39 is 0 Å². The highest BCUT2D eigenvalue weighted by molar-refractivity contribution is 5.77. The van der Waals surface area contributed by atoms with E-state index in [1.54, 1.807) is 18.7 Å². The summed E-state index contributed by atoms with van der Waals surface area (Å²) in [6.07, 6.45) is 9.25. The number of aryl methyl sites for hydroxylation is 2. The zero-order valence-electron chi connectivity index (χ0n) is 16.8. The first kappa shape index (κ1) is 19.0. The second kappa shape index (κ2) is 7.95. The monoisotopic (exact) mass is 383 g/mol. The molecule has 0 bridgehead atoms. The van der Waals surface area contributed by atoms with Crippen molar-refractivity contribution in [3.8, 4) is 0 Å². The number of likely N-dealkylation sites (tertiary alicyclic amines) is 2. The van der Waals surface area contributed by atoms with Crippen LogP contribution in [-0.4, -0.2) is 60.1 Å². The number of nitrogens with zero attached hydrogens (tertiary/aromatic N) is 7. The Morgan fingerprint density at radius 2 is 1.93 bits per heavy atom. The summed E-state index contributed by atoms with van der Waals surface area (Å²) in [6, 6.07) is 0. The standard InChI is InChI=1S/C20H29N7O/c1-3-26-15-23-24-18(26)13-25-8-6-20(7-9-25)5-4-19(28)27(14-20)12-17-11-21-16(2)10-22-17/h10-11,15H,3-9,12-14H2,1-2H3. The fraction of sp³-hybridized carbons (Fsp3) is 0.650. The fourth-order valence-electron chi connectivity index (χ4n) is 4.40. The average molecular weight is 384 g/mol. The zero-order chi connectivity index (χ0) is 19.6. The summed E-state index contributed by atoms with van der Waals surface area (Å²) in [5, 5.41) is 8.30. The maximum absolute atomic E-state index is 12.5. The topological polar surface area (TPSA) is 80.0 Å². The minimum atomic E-state index is 0.237. The number of aromatic nitrogens is 5. The number of hydrogen-bond acceptors (Lipinski definition) is 6. The van der Waals surface area contributed by atoms with Crippen LogP contribution in [-0.2, 0) is 24.4 Å². The summed E-state index contributed by atoms with van der Waals surface area (Å²) < 4.78 is 2.11. The Balaban J connectivity index is 1.36. The number of amides is 1. The molecule has 0 aliphatic carbocycles. The van der Waals surface area contributed by atoms with E-state index in [0.717, 1.165) is 69.2 Å². The molecule has 2 aromatic rings. The van der Waals surface area contributed by atoms with E-state index >= 15 is 0 Å². The van der Waals surface area contributed by atoms with Gasteiger partial charge in [0.15, 0.2) is 0 Å². The first-order valence-corrected chi connectivity index (χ1v) is 10.2. The molecule has 2 fully saturated rings. The van der Waals surface area contributed by atoms with Gasteiger partial charge in [0, 0.05) is 25.7 Å². The molecule has 1 spiro atoms. The van der Waals surface area contributed by atoms with E-state index in [2.05, 4.69) is 36.6 Å². The van der Waals surface area contributed by atoms with Crippen molar-refractivity contribution in [3.05, 3.63) is 35.9 Å². The van der Waals surface area contributed by atoms with Gasteiger partial charge in [-0.2, -0.15) is 0 Å². The van der Waals surface area contributed by atoms with Crippen LogP contribution in [0.2, 0.25) is 0 Å². The number of hydrogen-bond donors (Lipinski definition) is 0. The molecule has 8 nitrogen and oxygen atoms in total. The van der Waals surface area contributed by atoms with Gasteiger partial charge in [0.1, 0.15) is 12.2 Å². The Morgan fingerprint density at radius 3 is 2.64 bits per heavy atom. The molecule has 0 unspecified atom stereocenters. The fourth-order valence-corrected chi connectivity index (χ4v) is 4.40. The van der Waals surface area contributed by atoms with Gasteiger partial charge in [0.2, 0.25) is 5.91 Å². The van der Waals surface area contributed by atoms with Crippen molar-refractivity contribution in [1.82, 2.24) is 34.5 Å². The minimum Gasteiger partial charge on any atom is -0.336 e. The van der Waals surface area contributed by atoms with Crippen LogP contribution in [0.5, 0.6) is 0 Å². The Kier molecular flexibility index (Phi) is 5.39. The van der Waals surface area contributed by atoms with E-state index in [-0.39, 0.29) is 11.3 Å². The van der Waals surface area contributed by atoms with Crippen LogP contribution in [0.25, 0.3) is 0 Å². The lowest BCUT2D eigenvalue weighted by molar-refractivity contribution is -0.140. The van der Waals surface area contributed by atoms with E-state index in [9.17, 15) is 4.79 Å². The highest BCUT2D eigenvalue weighted by Gasteiger charge is 2.41. The van der Waals surface area contributed by atoms with Gasteiger partial charge in [-0.05, 0) is 51.6 Å². The maximum atomic E-state index is 12.5. The summed E-state index contributed by atoms with van der Waals surface area (Å²) in [6.45, 7) is 9.28. The molecule has 1 amide bonds. The maximum Gasteiger partial charge on any atom is 0.222 e. The Morgan fingerprint density at radius 1 is 1.11 bits per heavy atom. The Labute approximate surface area is 166 Å². The van der Waals surface area contributed by atoms with Gasteiger partial charge in [0.05, 0.1) is 30.7 Å². The third-order valence-electron chi connectivity index (χ3n) is 6.25. The molecular weight excluding hydrogens is 354 g/mol. The molecule has 0 saturated carbocycles. The predicted octanol–water partition coefficient (Wildman–Crippen LogP) is 1.80.